The van der Waals surface area contributed by atoms with Gasteiger partial charge in [-0.3, -0.25) is 4.79 Å². The predicted octanol–water partition coefficient (Wildman–Crippen LogP) is 0.503. The second-order valence-corrected chi connectivity index (χ2v) is 5.72. The molecule has 2 rings (SSSR count). The molecule has 1 aliphatic heterocycles. The van der Waals surface area contributed by atoms with Gasteiger partial charge in [0, 0.05) is 11.8 Å². The molecular formula is C11H18N2O3S. The van der Waals surface area contributed by atoms with Gasteiger partial charge in [-0.15, -0.1) is 11.8 Å². The smallest absolute Gasteiger partial charge is 0.327 e. The van der Waals surface area contributed by atoms with Crippen LogP contribution in [0.25, 0.3) is 0 Å². The zero-order valence-corrected chi connectivity index (χ0v) is 10.7. The van der Waals surface area contributed by atoms with Crippen LogP contribution in [0.15, 0.2) is 0 Å². The summed E-state index contributed by atoms with van der Waals surface area (Å²) >= 11 is 1.56. The summed E-state index contributed by atoms with van der Waals surface area (Å²) < 4.78 is 0. The quantitative estimate of drug-likeness (QED) is 0.751. The van der Waals surface area contributed by atoms with E-state index in [4.69, 9.17) is 5.11 Å². The number of carbonyl (C=O) groups is 2. The van der Waals surface area contributed by atoms with Crippen molar-refractivity contribution in [3.05, 3.63) is 0 Å². The number of carboxylic acid groups (broad SMARTS) is 1. The van der Waals surface area contributed by atoms with E-state index in [-0.39, 0.29) is 17.8 Å². The van der Waals surface area contributed by atoms with Crippen LogP contribution in [0.4, 0.5) is 0 Å². The summed E-state index contributed by atoms with van der Waals surface area (Å²) in [7, 11) is 0. The second-order valence-electron chi connectivity index (χ2n) is 4.51. The number of carbonyl (C=O) groups excluding carboxylic acids is 1. The molecule has 1 amide bonds. The Morgan fingerprint density at radius 3 is 2.71 bits per heavy atom. The highest BCUT2D eigenvalue weighted by atomic mass is 32.2. The van der Waals surface area contributed by atoms with Gasteiger partial charge in [0.05, 0.1) is 11.9 Å². The minimum absolute atomic E-state index is 0.0182. The zero-order chi connectivity index (χ0) is 12.4. The molecule has 0 aromatic rings. The molecule has 2 atom stereocenters. The molecule has 2 aliphatic rings. The van der Waals surface area contributed by atoms with Crippen LogP contribution in [-0.4, -0.2) is 51.6 Å². The third-order valence-corrected chi connectivity index (χ3v) is 4.59. The highest BCUT2D eigenvalue weighted by Gasteiger charge is 2.40. The topological polar surface area (TPSA) is 69.6 Å². The number of hydrogen-bond acceptors (Lipinski definition) is 4. The van der Waals surface area contributed by atoms with E-state index in [9.17, 15) is 9.59 Å². The van der Waals surface area contributed by atoms with Crippen LogP contribution in [-0.2, 0) is 9.59 Å². The molecule has 0 bridgehead atoms. The van der Waals surface area contributed by atoms with Crippen molar-refractivity contribution in [2.24, 2.45) is 0 Å². The van der Waals surface area contributed by atoms with Gasteiger partial charge in [0.2, 0.25) is 5.91 Å². The third-order valence-electron chi connectivity index (χ3n) is 3.13. The molecule has 0 aromatic carbocycles. The van der Waals surface area contributed by atoms with Crippen LogP contribution in [0, 0.1) is 0 Å². The lowest BCUT2D eigenvalue weighted by Gasteiger charge is -2.26. The molecule has 0 radical (unpaired) electrons. The Bertz CT molecular complexity index is 320. The third kappa shape index (κ3) is 2.93. The number of rotatable bonds is 5. The van der Waals surface area contributed by atoms with Crippen molar-refractivity contribution in [2.75, 3.05) is 12.3 Å². The SMILES string of the molecule is CCC1SCC(C(=O)O)N1C(=O)CNC1CC1. The molecule has 1 heterocycles. The number of thioether (sulfide) groups is 1. The number of amides is 1. The van der Waals surface area contributed by atoms with E-state index in [1.165, 1.54) is 0 Å². The van der Waals surface area contributed by atoms with Crippen molar-refractivity contribution in [3.63, 3.8) is 0 Å². The lowest BCUT2D eigenvalue weighted by molar-refractivity contribution is -0.148. The van der Waals surface area contributed by atoms with Gasteiger partial charge < -0.3 is 15.3 Å². The molecule has 5 nitrogen and oxygen atoms in total. The van der Waals surface area contributed by atoms with Crippen LogP contribution in [0.1, 0.15) is 26.2 Å². The maximum absolute atomic E-state index is 12.0. The first-order valence-electron chi connectivity index (χ1n) is 6.02. The van der Waals surface area contributed by atoms with E-state index in [2.05, 4.69) is 5.32 Å². The molecule has 1 aliphatic carbocycles. The normalized spacial score (nSPS) is 28.4. The molecule has 6 heteroatoms. The van der Waals surface area contributed by atoms with Crippen LogP contribution in [0.5, 0.6) is 0 Å². The number of nitrogens with zero attached hydrogens (tertiary/aromatic N) is 1. The number of hydrogen-bond donors (Lipinski definition) is 2. The lowest BCUT2D eigenvalue weighted by atomic mass is 10.2. The van der Waals surface area contributed by atoms with Gasteiger partial charge in [-0.2, -0.15) is 0 Å². The lowest BCUT2D eigenvalue weighted by Crippen LogP contribution is -2.48. The first-order valence-corrected chi connectivity index (χ1v) is 7.07. The van der Waals surface area contributed by atoms with Gasteiger partial charge in [0.15, 0.2) is 0 Å². The summed E-state index contributed by atoms with van der Waals surface area (Å²) in [6, 6.07) is -0.184. The summed E-state index contributed by atoms with van der Waals surface area (Å²) in [5.74, 6) is -0.474. The molecule has 2 fully saturated rings. The predicted molar refractivity (Wildman–Crippen MR) is 65.8 cm³/mol. The highest BCUT2D eigenvalue weighted by Crippen LogP contribution is 2.31. The van der Waals surface area contributed by atoms with Crippen molar-refractivity contribution >= 4 is 23.6 Å². The van der Waals surface area contributed by atoms with Gasteiger partial charge in [-0.05, 0) is 19.3 Å². The minimum atomic E-state index is -0.895. The van der Waals surface area contributed by atoms with Crippen molar-refractivity contribution in [1.29, 1.82) is 0 Å². The fraction of sp³-hybridized carbons (Fsp3) is 0.818. The number of carboxylic acids is 1. The summed E-state index contributed by atoms with van der Waals surface area (Å²) in [5.41, 5.74) is 0. The summed E-state index contributed by atoms with van der Waals surface area (Å²) in [6.07, 6.45) is 3.05. The Labute approximate surface area is 105 Å². The Balaban J connectivity index is 1.96. The van der Waals surface area contributed by atoms with Crippen LogP contribution in [0.2, 0.25) is 0 Å². The van der Waals surface area contributed by atoms with Crippen LogP contribution in [0.3, 0.4) is 0 Å². The van der Waals surface area contributed by atoms with Gasteiger partial charge in [0.25, 0.3) is 0 Å². The first kappa shape index (κ1) is 12.7. The first-order chi connectivity index (χ1) is 8.13. The summed E-state index contributed by atoms with van der Waals surface area (Å²) in [5, 5.41) is 12.3. The maximum Gasteiger partial charge on any atom is 0.327 e. The molecule has 0 aromatic heterocycles. The van der Waals surface area contributed by atoms with Crippen LogP contribution >= 0.6 is 11.8 Å². The molecule has 2 N–H and O–H groups in total. The van der Waals surface area contributed by atoms with Gasteiger partial charge >= 0.3 is 5.97 Å². The summed E-state index contributed by atoms with van der Waals surface area (Å²) in [4.78, 5) is 24.7. The van der Waals surface area contributed by atoms with Gasteiger partial charge in [-0.1, -0.05) is 6.92 Å². The fourth-order valence-corrected chi connectivity index (χ4v) is 3.38. The Morgan fingerprint density at radius 2 is 2.18 bits per heavy atom. The number of aliphatic carboxylic acids is 1. The van der Waals surface area contributed by atoms with E-state index in [1.807, 2.05) is 6.92 Å². The average Bonchev–Trinajstić information content (AvgIpc) is 3.02. The monoisotopic (exact) mass is 258 g/mol. The van der Waals surface area contributed by atoms with Crippen molar-refractivity contribution in [2.45, 2.75) is 43.6 Å². The Kier molecular flexibility index (Phi) is 3.93. The van der Waals surface area contributed by atoms with Crippen molar-refractivity contribution < 1.29 is 14.7 Å². The second kappa shape index (κ2) is 5.27. The zero-order valence-electron chi connectivity index (χ0n) is 9.89. The summed E-state index contributed by atoms with van der Waals surface area (Å²) in [6.45, 7) is 2.25. The van der Waals surface area contributed by atoms with E-state index in [0.29, 0.717) is 11.8 Å². The minimum Gasteiger partial charge on any atom is -0.480 e. The Morgan fingerprint density at radius 1 is 1.47 bits per heavy atom. The average molecular weight is 258 g/mol. The van der Waals surface area contributed by atoms with Crippen molar-refractivity contribution in [3.8, 4) is 0 Å². The molecule has 1 saturated carbocycles. The fourth-order valence-electron chi connectivity index (χ4n) is 2.01. The maximum atomic E-state index is 12.0. The molecule has 1 saturated heterocycles. The van der Waals surface area contributed by atoms with Crippen LogP contribution < -0.4 is 5.32 Å². The largest absolute Gasteiger partial charge is 0.480 e. The van der Waals surface area contributed by atoms with Gasteiger partial charge in [-0.25, -0.2) is 4.79 Å². The molecule has 0 spiro atoms. The molecule has 96 valence electrons. The van der Waals surface area contributed by atoms with E-state index in [0.717, 1.165) is 19.3 Å². The molecular weight excluding hydrogens is 240 g/mol. The van der Waals surface area contributed by atoms with E-state index in [1.54, 1.807) is 16.7 Å². The highest BCUT2D eigenvalue weighted by molar-refractivity contribution is 8.00. The van der Waals surface area contributed by atoms with Gasteiger partial charge in [0.1, 0.15) is 6.04 Å². The van der Waals surface area contributed by atoms with E-state index >= 15 is 0 Å². The van der Waals surface area contributed by atoms with E-state index < -0.39 is 12.0 Å². The molecule has 2 unspecified atom stereocenters. The van der Waals surface area contributed by atoms with Crippen molar-refractivity contribution in [1.82, 2.24) is 10.2 Å². The number of nitrogens with one attached hydrogen (secondary N) is 1. The Hall–Kier alpha value is -0.750. The standard InChI is InChI=1S/C11H18N2O3S/c1-2-10-13(8(6-17-10)11(15)16)9(14)5-12-7-3-4-7/h7-8,10,12H,2-6H2,1H3,(H,15,16). The molecule has 17 heavy (non-hydrogen) atoms.